The van der Waals surface area contributed by atoms with Crippen LogP contribution in [0, 0.1) is 0 Å². The molecular formula is C14H18O5. The molecule has 0 aliphatic heterocycles. The lowest BCUT2D eigenvalue weighted by molar-refractivity contribution is -0.149. The van der Waals surface area contributed by atoms with Crippen LogP contribution in [0.15, 0.2) is 24.5 Å². The Bertz CT molecular complexity index is 453. The quantitative estimate of drug-likeness (QED) is 0.584. The van der Waals surface area contributed by atoms with E-state index in [4.69, 9.17) is 14.2 Å². The van der Waals surface area contributed by atoms with E-state index in [0.717, 1.165) is 5.56 Å². The van der Waals surface area contributed by atoms with Crippen LogP contribution in [0.5, 0.6) is 11.5 Å². The van der Waals surface area contributed by atoms with Gasteiger partial charge in [-0.2, -0.15) is 0 Å². The van der Waals surface area contributed by atoms with Gasteiger partial charge in [-0.15, -0.1) is 0 Å². The van der Waals surface area contributed by atoms with Gasteiger partial charge in [0.2, 0.25) is 0 Å². The molecule has 0 aliphatic rings. The summed E-state index contributed by atoms with van der Waals surface area (Å²) in [7, 11) is 4.47. The second-order valence-electron chi connectivity index (χ2n) is 3.72. The first kappa shape index (κ1) is 14.9. The normalized spacial score (nSPS) is 12.0. The Kier molecular flexibility index (Phi) is 5.73. The van der Waals surface area contributed by atoms with Gasteiger partial charge in [0.1, 0.15) is 0 Å². The molecule has 0 heterocycles. The van der Waals surface area contributed by atoms with Crippen molar-refractivity contribution in [3.8, 4) is 11.5 Å². The minimum Gasteiger partial charge on any atom is -0.493 e. The summed E-state index contributed by atoms with van der Waals surface area (Å²) in [6.07, 6.45) is 2.53. The zero-order valence-corrected chi connectivity index (χ0v) is 11.5. The van der Waals surface area contributed by atoms with E-state index in [9.17, 15) is 4.79 Å². The average molecular weight is 266 g/mol. The number of hydrogen-bond acceptors (Lipinski definition) is 5. The summed E-state index contributed by atoms with van der Waals surface area (Å²) in [6.45, 7) is 1.62. The third-order valence-electron chi connectivity index (χ3n) is 2.48. The predicted molar refractivity (Wildman–Crippen MR) is 71.1 cm³/mol. The molecule has 1 rings (SSSR count). The van der Waals surface area contributed by atoms with Crippen molar-refractivity contribution in [3.05, 3.63) is 30.0 Å². The summed E-state index contributed by atoms with van der Waals surface area (Å²) in [5, 5.41) is 0. The summed E-state index contributed by atoms with van der Waals surface area (Å²) >= 11 is 0. The van der Waals surface area contributed by atoms with Crippen LogP contribution in [-0.4, -0.2) is 33.4 Å². The van der Waals surface area contributed by atoms with E-state index >= 15 is 0 Å². The molecule has 5 nitrogen and oxygen atoms in total. The lowest BCUT2D eigenvalue weighted by Gasteiger charge is -2.09. The molecule has 0 saturated heterocycles. The van der Waals surface area contributed by atoms with Gasteiger partial charge in [-0.05, 0) is 30.7 Å². The maximum Gasteiger partial charge on any atom is 0.346 e. The highest BCUT2D eigenvalue weighted by atomic mass is 16.6. The van der Waals surface area contributed by atoms with Crippen LogP contribution < -0.4 is 9.47 Å². The van der Waals surface area contributed by atoms with Crippen molar-refractivity contribution < 1.29 is 23.7 Å². The third-order valence-corrected chi connectivity index (χ3v) is 2.48. The summed E-state index contributed by atoms with van der Waals surface area (Å²) < 4.78 is 20.1. The molecule has 0 radical (unpaired) electrons. The molecule has 0 fully saturated rings. The second-order valence-corrected chi connectivity index (χ2v) is 3.72. The van der Waals surface area contributed by atoms with Crippen LogP contribution >= 0.6 is 0 Å². The Morgan fingerprint density at radius 2 is 1.84 bits per heavy atom. The average Bonchev–Trinajstić information content (AvgIpc) is 2.45. The van der Waals surface area contributed by atoms with Gasteiger partial charge in [0.05, 0.1) is 27.6 Å². The fourth-order valence-corrected chi connectivity index (χ4v) is 1.41. The van der Waals surface area contributed by atoms with Crippen LogP contribution in [0.3, 0.4) is 0 Å². The molecule has 1 aromatic carbocycles. The first-order chi connectivity index (χ1) is 9.12. The Balaban J connectivity index is 2.69. The lowest BCUT2D eigenvalue weighted by Crippen LogP contribution is -2.19. The highest BCUT2D eigenvalue weighted by Crippen LogP contribution is 2.27. The van der Waals surface area contributed by atoms with Crippen molar-refractivity contribution in [2.45, 2.75) is 13.0 Å². The zero-order chi connectivity index (χ0) is 14.3. The Labute approximate surface area is 112 Å². The molecule has 104 valence electrons. The largest absolute Gasteiger partial charge is 0.493 e. The fourth-order valence-electron chi connectivity index (χ4n) is 1.41. The number of benzene rings is 1. The van der Waals surface area contributed by atoms with Gasteiger partial charge in [0, 0.05) is 0 Å². The molecule has 19 heavy (non-hydrogen) atoms. The van der Waals surface area contributed by atoms with Crippen molar-refractivity contribution >= 4 is 12.0 Å². The number of hydrogen-bond donors (Lipinski definition) is 0. The molecule has 0 aromatic heterocycles. The van der Waals surface area contributed by atoms with Crippen molar-refractivity contribution in [1.29, 1.82) is 0 Å². The Morgan fingerprint density at radius 3 is 2.42 bits per heavy atom. The first-order valence-corrected chi connectivity index (χ1v) is 5.74. The highest BCUT2D eigenvalue weighted by molar-refractivity contribution is 5.74. The number of methoxy groups -OCH3 is 3. The molecule has 0 amide bonds. The third kappa shape index (κ3) is 4.21. The smallest absolute Gasteiger partial charge is 0.346 e. The topological polar surface area (TPSA) is 54.0 Å². The number of ether oxygens (including phenoxy) is 4. The van der Waals surface area contributed by atoms with Gasteiger partial charge in [0.25, 0.3) is 0 Å². The van der Waals surface area contributed by atoms with Crippen molar-refractivity contribution in [1.82, 2.24) is 0 Å². The van der Waals surface area contributed by atoms with E-state index in [-0.39, 0.29) is 0 Å². The molecule has 5 heteroatoms. The number of rotatable bonds is 6. The van der Waals surface area contributed by atoms with Crippen molar-refractivity contribution in [2.75, 3.05) is 21.3 Å². The summed E-state index contributed by atoms with van der Waals surface area (Å²) in [4.78, 5) is 11.1. The Hall–Kier alpha value is -2.17. The van der Waals surface area contributed by atoms with E-state index in [2.05, 4.69) is 4.74 Å². The van der Waals surface area contributed by atoms with E-state index in [0.29, 0.717) is 11.5 Å². The van der Waals surface area contributed by atoms with Crippen molar-refractivity contribution in [3.63, 3.8) is 0 Å². The first-order valence-electron chi connectivity index (χ1n) is 5.74. The maximum absolute atomic E-state index is 11.1. The SMILES string of the molecule is COC(=O)C(C)OC=Cc1ccc(OC)c(OC)c1. The molecule has 1 unspecified atom stereocenters. The number of carbonyl (C=O) groups excluding carboxylic acids is 1. The highest BCUT2D eigenvalue weighted by Gasteiger charge is 2.11. The van der Waals surface area contributed by atoms with Gasteiger partial charge < -0.3 is 18.9 Å². The van der Waals surface area contributed by atoms with Gasteiger partial charge >= 0.3 is 5.97 Å². The number of esters is 1. The van der Waals surface area contributed by atoms with E-state index < -0.39 is 12.1 Å². The van der Waals surface area contributed by atoms with E-state index in [1.165, 1.54) is 13.4 Å². The van der Waals surface area contributed by atoms with Crippen LogP contribution in [0.1, 0.15) is 12.5 Å². The summed E-state index contributed by atoms with van der Waals surface area (Å²) in [5.74, 6) is 0.867. The van der Waals surface area contributed by atoms with Crippen molar-refractivity contribution in [2.24, 2.45) is 0 Å². The molecule has 1 atom stereocenters. The molecule has 0 aliphatic carbocycles. The fraction of sp³-hybridized carbons (Fsp3) is 0.357. The number of carbonyl (C=O) groups is 1. The standard InChI is InChI=1S/C14H18O5/c1-10(14(15)18-4)19-8-7-11-5-6-12(16-2)13(9-11)17-3/h5-10H,1-4H3. The van der Waals surface area contributed by atoms with E-state index in [1.807, 2.05) is 12.1 Å². The minimum absolute atomic E-state index is 0.419. The van der Waals surface area contributed by atoms with Gasteiger partial charge in [-0.1, -0.05) is 6.07 Å². The van der Waals surface area contributed by atoms with Gasteiger partial charge in [0.15, 0.2) is 17.6 Å². The van der Waals surface area contributed by atoms with Gasteiger partial charge in [-0.3, -0.25) is 0 Å². The summed E-state index contributed by atoms with van der Waals surface area (Å²) in [6, 6.07) is 5.45. The molecular weight excluding hydrogens is 248 g/mol. The van der Waals surface area contributed by atoms with Gasteiger partial charge in [-0.25, -0.2) is 4.79 Å². The molecule has 1 aromatic rings. The van der Waals surface area contributed by atoms with Crippen LogP contribution in [0.25, 0.3) is 6.08 Å². The lowest BCUT2D eigenvalue weighted by atomic mass is 10.2. The second kappa shape index (κ2) is 7.31. The monoisotopic (exact) mass is 266 g/mol. The molecule has 0 N–H and O–H groups in total. The van der Waals surface area contributed by atoms with Crippen LogP contribution in [0.4, 0.5) is 0 Å². The predicted octanol–water partition coefficient (Wildman–Crippen LogP) is 2.25. The maximum atomic E-state index is 11.1. The van der Waals surface area contributed by atoms with Crippen LogP contribution in [0.2, 0.25) is 0 Å². The Morgan fingerprint density at radius 1 is 1.16 bits per heavy atom. The zero-order valence-electron chi connectivity index (χ0n) is 11.5. The van der Waals surface area contributed by atoms with E-state index in [1.54, 1.807) is 33.3 Å². The molecule has 0 bridgehead atoms. The van der Waals surface area contributed by atoms with Crippen LogP contribution in [-0.2, 0) is 14.3 Å². The summed E-state index contributed by atoms with van der Waals surface area (Å²) in [5.41, 5.74) is 0.870. The minimum atomic E-state index is -0.638. The molecule has 0 saturated carbocycles. The molecule has 0 spiro atoms.